The highest BCUT2D eigenvalue weighted by atomic mass is 35.5. The monoisotopic (exact) mass is 380 g/mol. The summed E-state index contributed by atoms with van der Waals surface area (Å²) in [5.41, 5.74) is 0.550. The standard InChI is InChI=1S/C18H18ClFN2O2S/c1-3-22(4-2)18(25)24-16-9-8-12(19)10-15(16)17(23)21-14-7-5-6-13(20)11-14/h5-11H,3-4H2,1-2H3,(H,21,23). The van der Waals surface area contributed by atoms with Crippen molar-refractivity contribution in [3.8, 4) is 5.75 Å². The Morgan fingerprint density at radius 1 is 1.24 bits per heavy atom. The summed E-state index contributed by atoms with van der Waals surface area (Å²) in [6, 6.07) is 10.3. The van der Waals surface area contributed by atoms with Crippen LogP contribution in [0.3, 0.4) is 0 Å². The van der Waals surface area contributed by atoms with Crippen LogP contribution in [0, 0.1) is 5.82 Å². The summed E-state index contributed by atoms with van der Waals surface area (Å²) in [6.45, 7) is 5.29. The molecule has 0 unspecified atom stereocenters. The van der Waals surface area contributed by atoms with Gasteiger partial charge in [-0.3, -0.25) is 4.79 Å². The molecule has 0 aliphatic rings. The number of carbonyl (C=O) groups is 1. The van der Waals surface area contributed by atoms with Gasteiger partial charge < -0.3 is 15.0 Å². The van der Waals surface area contributed by atoms with Crippen LogP contribution in [-0.4, -0.2) is 29.1 Å². The Bertz CT molecular complexity index is 781. The van der Waals surface area contributed by atoms with E-state index >= 15 is 0 Å². The lowest BCUT2D eigenvalue weighted by Crippen LogP contribution is -2.33. The SMILES string of the molecule is CCN(CC)C(=S)Oc1ccc(Cl)cc1C(=O)Nc1cccc(F)c1. The molecule has 0 aliphatic carbocycles. The van der Waals surface area contributed by atoms with E-state index in [1.165, 1.54) is 24.3 Å². The summed E-state index contributed by atoms with van der Waals surface area (Å²) < 4.78 is 19.0. The van der Waals surface area contributed by atoms with Gasteiger partial charge in [-0.15, -0.1) is 0 Å². The maximum absolute atomic E-state index is 13.3. The Kier molecular flexibility index (Phi) is 6.73. The number of hydrogen-bond donors (Lipinski definition) is 1. The molecular weight excluding hydrogens is 363 g/mol. The van der Waals surface area contributed by atoms with E-state index in [1.807, 2.05) is 18.7 Å². The van der Waals surface area contributed by atoms with Gasteiger partial charge in [0.15, 0.2) is 0 Å². The van der Waals surface area contributed by atoms with Crippen molar-refractivity contribution in [3.63, 3.8) is 0 Å². The van der Waals surface area contributed by atoms with Crippen molar-refractivity contribution < 1.29 is 13.9 Å². The third kappa shape index (κ3) is 5.14. The molecular formula is C18H18ClFN2O2S. The smallest absolute Gasteiger partial charge is 0.264 e. The molecule has 1 N–H and O–H groups in total. The number of rotatable bonds is 5. The Labute approximate surface area is 156 Å². The number of ether oxygens (including phenoxy) is 1. The van der Waals surface area contributed by atoms with Gasteiger partial charge in [0.2, 0.25) is 0 Å². The number of nitrogens with one attached hydrogen (secondary N) is 1. The van der Waals surface area contributed by atoms with Crippen LogP contribution in [0.4, 0.5) is 10.1 Å². The van der Waals surface area contributed by atoms with Crippen molar-refractivity contribution in [2.75, 3.05) is 18.4 Å². The van der Waals surface area contributed by atoms with Gasteiger partial charge >= 0.3 is 0 Å². The van der Waals surface area contributed by atoms with Crippen molar-refractivity contribution in [2.45, 2.75) is 13.8 Å². The van der Waals surface area contributed by atoms with Gasteiger partial charge in [0.1, 0.15) is 11.6 Å². The zero-order chi connectivity index (χ0) is 18.4. The number of hydrogen-bond acceptors (Lipinski definition) is 3. The Morgan fingerprint density at radius 2 is 1.96 bits per heavy atom. The van der Waals surface area contributed by atoms with E-state index in [9.17, 15) is 9.18 Å². The summed E-state index contributed by atoms with van der Waals surface area (Å²) in [4.78, 5) is 14.4. The topological polar surface area (TPSA) is 41.6 Å². The van der Waals surface area contributed by atoms with Crippen LogP contribution in [0.15, 0.2) is 42.5 Å². The zero-order valence-corrected chi connectivity index (χ0v) is 15.5. The van der Waals surface area contributed by atoms with Crippen molar-refractivity contribution in [1.29, 1.82) is 0 Å². The minimum atomic E-state index is -0.467. The molecule has 0 atom stereocenters. The second kappa shape index (κ2) is 8.78. The third-order valence-electron chi connectivity index (χ3n) is 3.49. The van der Waals surface area contributed by atoms with Gasteiger partial charge in [0.25, 0.3) is 11.1 Å². The first-order chi connectivity index (χ1) is 11.9. The number of carbonyl (C=O) groups excluding carboxylic acids is 1. The van der Waals surface area contributed by atoms with Crippen molar-refractivity contribution >= 4 is 40.6 Å². The largest absolute Gasteiger partial charge is 0.431 e. The Balaban J connectivity index is 2.25. The predicted molar refractivity (Wildman–Crippen MR) is 102 cm³/mol. The molecule has 1 amide bonds. The molecule has 0 radical (unpaired) electrons. The van der Waals surface area contributed by atoms with Gasteiger partial charge in [-0.05, 0) is 62.5 Å². The highest BCUT2D eigenvalue weighted by molar-refractivity contribution is 7.80. The fourth-order valence-electron chi connectivity index (χ4n) is 2.17. The molecule has 2 rings (SSSR count). The Morgan fingerprint density at radius 3 is 2.60 bits per heavy atom. The molecule has 0 saturated carbocycles. The normalized spacial score (nSPS) is 10.2. The first kappa shape index (κ1) is 19.1. The van der Waals surface area contributed by atoms with E-state index in [1.54, 1.807) is 18.2 Å². The molecule has 0 saturated heterocycles. The van der Waals surface area contributed by atoms with Crippen molar-refractivity contribution in [1.82, 2.24) is 4.90 Å². The molecule has 132 valence electrons. The average Bonchev–Trinajstić information content (AvgIpc) is 2.57. The molecule has 25 heavy (non-hydrogen) atoms. The average molecular weight is 381 g/mol. The van der Waals surface area contributed by atoms with Gasteiger partial charge in [-0.1, -0.05) is 17.7 Å². The number of halogens is 2. The Hall–Kier alpha value is -2.18. The molecule has 0 aromatic heterocycles. The summed E-state index contributed by atoms with van der Waals surface area (Å²) in [5.74, 6) is -0.622. The fourth-order valence-corrected chi connectivity index (χ4v) is 2.69. The van der Waals surface area contributed by atoms with E-state index in [0.29, 0.717) is 23.8 Å². The predicted octanol–water partition coefficient (Wildman–Crippen LogP) is 4.74. The second-order valence-corrected chi connectivity index (χ2v) is 5.93. The van der Waals surface area contributed by atoms with E-state index in [0.717, 1.165) is 0 Å². The van der Waals surface area contributed by atoms with Gasteiger partial charge in [0, 0.05) is 23.8 Å². The van der Waals surface area contributed by atoms with Crippen molar-refractivity contribution in [3.05, 3.63) is 58.9 Å². The van der Waals surface area contributed by atoms with Crippen LogP contribution < -0.4 is 10.1 Å². The molecule has 2 aromatic carbocycles. The van der Waals surface area contributed by atoms with Crippen LogP contribution in [0.25, 0.3) is 0 Å². The van der Waals surface area contributed by atoms with Crippen LogP contribution in [-0.2, 0) is 0 Å². The summed E-state index contributed by atoms with van der Waals surface area (Å²) >= 11 is 11.3. The first-order valence-corrected chi connectivity index (χ1v) is 8.56. The fraction of sp³-hybridized carbons (Fsp3) is 0.222. The van der Waals surface area contributed by atoms with E-state index in [4.69, 9.17) is 28.6 Å². The molecule has 7 heteroatoms. The minimum Gasteiger partial charge on any atom is -0.431 e. The lowest BCUT2D eigenvalue weighted by Gasteiger charge is -2.22. The molecule has 0 spiro atoms. The maximum atomic E-state index is 13.3. The van der Waals surface area contributed by atoms with Gasteiger partial charge in [0.05, 0.1) is 5.56 Å². The molecule has 4 nitrogen and oxygen atoms in total. The number of thiocarbonyl (C=S) groups is 1. The van der Waals surface area contributed by atoms with Crippen LogP contribution >= 0.6 is 23.8 Å². The molecule has 0 fully saturated rings. The summed E-state index contributed by atoms with van der Waals surface area (Å²) in [7, 11) is 0. The number of anilines is 1. The molecule has 0 heterocycles. The minimum absolute atomic E-state index is 0.214. The van der Waals surface area contributed by atoms with Crippen LogP contribution in [0.1, 0.15) is 24.2 Å². The van der Waals surface area contributed by atoms with Gasteiger partial charge in [-0.2, -0.15) is 0 Å². The van der Waals surface area contributed by atoms with E-state index < -0.39 is 11.7 Å². The van der Waals surface area contributed by atoms with Crippen LogP contribution in [0.5, 0.6) is 5.75 Å². The number of amides is 1. The van der Waals surface area contributed by atoms with E-state index in [-0.39, 0.29) is 16.5 Å². The lowest BCUT2D eigenvalue weighted by molar-refractivity contribution is 0.102. The lowest BCUT2D eigenvalue weighted by atomic mass is 10.2. The van der Waals surface area contributed by atoms with Crippen LogP contribution in [0.2, 0.25) is 5.02 Å². The summed E-state index contributed by atoms with van der Waals surface area (Å²) in [5, 5.41) is 3.27. The number of nitrogens with zero attached hydrogens (tertiary/aromatic N) is 1. The second-order valence-electron chi connectivity index (χ2n) is 5.15. The summed E-state index contributed by atoms with van der Waals surface area (Å²) in [6.07, 6.45) is 0. The maximum Gasteiger partial charge on any atom is 0.264 e. The molecule has 0 bridgehead atoms. The number of benzene rings is 2. The van der Waals surface area contributed by atoms with E-state index in [2.05, 4.69) is 5.32 Å². The van der Waals surface area contributed by atoms with Crippen molar-refractivity contribution in [2.24, 2.45) is 0 Å². The third-order valence-corrected chi connectivity index (χ3v) is 4.06. The molecule has 2 aromatic rings. The highest BCUT2D eigenvalue weighted by Gasteiger charge is 2.17. The highest BCUT2D eigenvalue weighted by Crippen LogP contribution is 2.25. The quantitative estimate of drug-likeness (QED) is 0.761. The first-order valence-electron chi connectivity index (χ1n) is 7.77. The zero-order valence-electron chi connectivity index (χ0n) is 13.9. The van der Waals surface area contributed by atoms with Gasteiger partial charge in [-0.25, -0.2) is 4.39 Å². The molecule has 0 aliphatic heterocycles.